The van der Waals surface area contributed by atoms with Gasteiger partial charge in [0.25, 0.3) is 0 Å². The second-order valence-electron chi connectivity index (χ2n) is 5.90. The van der Waals surface area contributed by atoms with Crippen molar-refractivity contribution in [2.75, 3.05) is 27.4 Å². The SMILES string of the molecule is CN=C(NCCc1ccccc1O)N(C)Cc1ccc2c(c1)OCO2.I. The Labute approximate surface area is 170 Å². The van der Waals surface area contributed by atoms with Gasteiger partial charge in [-0.25, -0.2) is 0 Å². The predicted molar refractivity (Wildman–Crippen MR) is 113 cm³/mol. The number of nitrogens with zero attached hydrogens (tertiary/aromatic N) is 2. The number of phenolic OH excluding ortho intramolecular Hbond substituents is 1. The van der Waals surface area contributed by atoms with Crippen LogP contribution in [0.3, 0.4) is 0 Å². The monoisotopic (exact) mass is 469 g/mol. The van der Waals surface area contributed by atoms with Crippen molar-refractivity contribution in [2.45, 2.75) is 13.0 Å². The summed E-state index contributed by atoms with van der Waals surface area (Å²) < 4.78 is 10.8. The zero-order valence-electron chi connectivity index (χ0n) is 14.9. The van der Waals surface area contributed by atoms with Gasteiger partial charge in [0.15, 0.2) is 17.5 Å². The summed E-state index contributed by atoms with van der Waals surface area (Å²) in [5.41, 5.74) is 2.04. The fraction of sp³-hybridized carbons (Fsp3) is 0.316. The highest BCUT2D eigenvalue weighted by molar-refractivity contribution is 14.0. The van der Waals surface area contributed by atoms with Gasteiger partial charge in [-0.3, -0.25) is 4.99 Å². The van der Waals surface area contributed by atoms with Gasteiger partial charge in [-0.1, -0.05) is 24.3 Å². The van der Waals surface area contributed by atoms with Gasteiger partial charge in [-0.15, -0.1) is 24.0 Å². The van der Waals surface area contributed by atoms with Crippen LogP contribution in [0, 0.1) is 0 Å². The lowest BCUT2D eigenvalue weighted by Crippen LogP contribution is -2.39. The lowest BCUT2D eigenvalue weighted by atomic mass is 10.1. The molecule has 0 unspecified atom stereocenters. The van der Waals surface area contributed by atoms with Crippen LogP contribution in [0.2, 0.25) is 0 Å². The summed E-state index contributed by atoms with van der Waals surface area (Å²) in [4.78, 5) is 6.37. The van der Waals surface area contributed by atoms with Crippen molar-refractivity contribution in [1.82, 2.24) is 10.2 Å². The number of nitrogens with one attached hydrogen (secondary N) is 1. The third-order valence-electron chi connectivity index (χ3n) is 4.10. The summed E-state index contributed by atoms with van der Waals surface area (Å²) in [5.74, 6) is 2.70. The van der Waals surface area contributed by atoms with E-state index in [1.165, 1.54) is 0 Å². The van der Waals surface area contributed by atoms with Crippen LogP contribution in [-0.2, 0) is 13.0 Å². The van der Waals surface area contributed by atoms with Crippen molar-refractivity contribution >= 4 is 29.9 Å². The predicted octanol–water partition coefficient (Wildman–Crippen LogP) is 2.99. The van der Waals surface area contributed by atoms with E-state index in [4.69, 9.17) is 9.47 Å². The van der Waals surface area contributed by atoms with Gasteiger partial charge >= 0.3 is 0 Å². The van der Waals surface area contributed by atoms with E-state index in [1.54, 1.807) is 13.1 Å². The second kappa shape index (κ2) is 9.51. The molecule has 2 aromatic carbocycles. The minimum Gasteiger partial charge on any atom is -0.508 e. The molecule has 0 spiro atoms. The fourth-order valence-corrected chi connectivity index (χ4v) is 2.80. The Bertz CT molecular complexity index is 767. The first-order valence-corrected chi connectivity index (χ1v) is 8.24. The number of phenols is 1. The van der Waals surface area contributed by atoms with Gasteiger partial charge in [-0.2, -0.15) is 0 Å². The van der Waals surface area contributed by atoms with Crippen molar-refractivity contribution in [1.29, 1.82) is 0 Å². The Kier molecular flexibility index (Phi) is 7.38. The number of aliphatic imine (C=N–C) groups is 1. The first-order valence-electron chi connectivity index (χ1n) is 8.24. The molecule has 2 N–H and O–H groups in total. The third kappa shape index (κ3) is 4.94. The van der Waals surface area contributed by atoms with E-state index in [9.17, 15) is 5.11 Å². The molecule has 0 atom stereocenters. The Morgan fingerprint density at radius 1 is 1.19 bits per heavy atom. The smallest absolute Gasteiger partial charge is 0.231 e. The minimum atomic E-state index is 0. The molecular weight excluding hydrogens is 445 g/mol. The summed E-state index contributed by atoms with van der Waals surface area (Å²) in [5, 5.41) is 13.1. The van der Waals surface area contributed by atoms with Gasteiger partial charge in [0.2, 0.25) is 6.79 Å². The number of para-hydroxylation sites is 1. The molecule has 0 radical (unpaired) electrons. The van der Waals surface area contributed by atoms with Crippen LogP contribution in [0.25, 0.3) is 0 Å². The number of hydrogen-bond acceptors (Lipinski definition) is 4. The Balaban J connectivity index is 0.00000243. The molecule has 0 aliphatic carbocycles. The van der Waals surface area contributed by atoms with Gasteiger partial charge in [0, 0.05) is 27.2 Å². The van der Waals surface area contributed by atoms with Gasteiger partial charge in [0.1, 0.15) is 5.75 Å². The molecule has 0 saturated heterocycles. The molecule has 0 fully saturated rings. The normalized spacial score (nSPS) is 12.5. The highest BCUT2D eigenvalue weighted by atomic mass is 127. The van der Waals surface area contributed by atoms with E-state index in [0.717, 1.165) is 35.0 Å². The molecule has 1 heterocycles. The first kappa shape index (κ1) is 20.2. The highest BCUT2D eigenvalue weighted by Gasteiger charge is 2.14. The highest BCUT2D eigenvalue weighted by Crippen LogP contribution is 2.32. The van der Waals surface area contributed by atoms with Crippen LogP contribution in [0.1, 0.15) is 11.1 Å². The van der Waals surface area contributed by atoms with Crippen molar-refractivity contribution in [3.8, 4) is 17.2 Å². The summed E-state index contributed by atoms with van der Waals surface area (Å²) in [6, 6.07) is 13.3. The van der Waals surface area contributed by atoms with Crippen LogP contribution >= 0.6 is 24.0 Å². The number of guanidine groups is 1. The zero-order chi connectivity index (χ0) is 17.6. The van der Waals surface area contributed by atoms with Crippen LogP contribution in [0.15, 0.2) is 47.5 Å². The Morgan fingerprint density at radius 2 is 1.96 bits per heavy atom. The van der Waals surface area contributed by atoms with E-state index in [-0.39, 0.29) is 30.8 Å². The summed E-state index contributed by atoms with van der Waals surface area (Å²) in [6.45, 7) is 1.67. The van der Waals surface area contributed by atoms with E-state index in [0.29, 0.717) is 18.8 Å². The zero-order valence-corrected chi connectivity index (χ0v) is 17.3. The molecule has 0 saturated carbocycles. The first-order chi connectivity index (χ1) is 12.2. The molecule has 1 aliphatic heterocycles. The summed E-state index contributed by atoms with van der Waals surface area (Å²) in [6.07, 6.45) is 0.726. The standard InChI is InChI=1S/C19H23N3O3.HI/c1-20-19(21-10-9-15-5-3-4-6-16(15)23)22(2)12-14-7-8-17-18(11-14)25-13-24-17;/h3-8,11,23H,9-10,12-13H2,1-2H3,(H,20,21);1H. The summed E-state index contributed by atoms with van der Waals surface area (Å²) >= 11 is 0. The van der Waals surface area contributed by atoms with Crippen molar-refractivity contribution in [3.05, 3.63) is 53.6 Å². The average molecular weight is 469 g/mol. The Hall–Kier alpha value is -2.16. The molecule has 7 heteroatoms. The number of aromatic hydroxyl groups is 1. The fourth-order valence-electron chi connectivity index (χ4n) is 2.80. The van der Waals surface area contributed by atoms with Crippen molar-refractivity contribution in [3.63, 3.8) is 0 Å². The molecule has 0 amide bonds. The third-order valence-corrected chi connectivity index (χ3v) is 4.10. The molecule has 1 aliphatic rings. The molecule has 6 nitrogen and oxygen atoms in total. The maximum Gasteiger partial charge on any atom is 0.231 e. The van der Waals surface area contributed by atoms with E-state index >= 15 is 0 Å². The number of rotatable bonds is 5. The minimum absolute atomic E-state index is 0. The molecule has 3 rings (SSSR count). The molecule has 26 heavy (non-hydrogen) atoms. The maximum atomic E-state index is 9.82. The van der Waals surface area contributed by atoms with Gasteiger partial charge in [-0.05, 0) is 35.7 Å². The molecule has 140 valence electrons. The van der Waals surface area contributed by atoms with E-state index in [1.807, 2.05) is 48.3 Å². The van der Waals surface area contributed by atoms with Gasteiger partial charge < -0.3 is 24.8 Å². The maximum absolute atomic E-state index is 9.82. The molecule has 0 bridgehead atoms. The molecular formula is C19H24IN3O3. The average Bonchev–Trinajstić information content (AvgIpc) is 3.08. The van der Waals surface area contributed by atoms with Crippen LogP contribution in [0.4, 0.5) is 0 Å². The van der Waals surface area contributed by atoms with Gasteiger partial charge in [0.05, 0.1) is 0 Å². The lowest BCUT2D eigenvalue weighted by Gasteiger charge is -2.22. The Morgan fingerprint density at radius 3 is 2.73 bits per heavy atom. The number of benzene rings is 2. The lowest BCUT2D eigenvalue weighted by molar-refractivity contribution is 0.174. The van der Waals surface area contributed by atoms with Crippen molar-refractivity contribution < 1.29 is 14.6 Å². The number of fused-ring (bicyclic) bond motifs is 1. The van der Waals surface area contributed by atoms with Crippen LogP contribution < -0.4 is 14.8 Å². The largest absolute Gasteiger partial charge is 0.508 e. The number of ether oxygens (including phenoxy) is 2. The molecule has 2 aromatic rings. The molecule has 0 aromatic heterocycles. The van der Waals surface area contributed by atoms with E-state index < -0.39 is 0 Å². The van der Waals surface area contributed by atoms with Crippen LogP contribution in [-0.4, -0.2) is 43.4 Å². The number of hydrogen-bond donors (Lipinski definition) is 2. The topological polar surface area (TPSA) is 66.3 Å². The quantitative estimate of drug-likeness (QED) is 0.401. The summed E-state index contributed by atoms with van der Waals surface area (Å²) in [7, 11) is 3.75. The van der Waals surface area contributed by atoms with Crippen LogP contribution in [0.5, 0.6) is 17.2 Å². The second-order valence-corrected chi connectivity index (χ2v) is 5.90. The number of halogens is 1. The van der Waals surface area contributed by atoms with Crippen molar-refractivity contribution in [2.24, 2.45) is 4.99 Å². The van der Waals surface area contributed by atoms with E-state index in [2.05, 4.69) is 10.3 Å².